The number of carbonyl (C=O) groups excluding carboxylic acids is 1. The molecule has 2 bridgehead atoms. The SMILES string of the molecule is O=C(Nc1ccncc1)Nc1ccc(-c2nc(N3CCOCC3)nc(N3[C@@H]4CC[C@@H]3COC4)n2)cc1. The molecule has 3 aliphatic heterocycles. The van der Waals surface area contributed by atoms with Gasteiger partial charge in [-0.1, -0.05) is 0 Å². The van der Waals surface area contributed by atoms with E-state index in [1.807, 2.05) is 24.3 Å². The Labute approximate surface area is 208 Å². The van der Waals surface area contributed by atoms with Crippen LogP contribution in [-0.4, -0.2) is 77.6 Å². The fourth-order valence-electron chi connectivity index (χ4n) is 4.89. The molecule has 11 nitrogen and oxygen atoms in total. The van der Waals surface area contributed by atoms with E-state index in [2.05, 4.69) is 25.4 Å². The van der Waals surface area contributed by atoms with Gasteiger partial charge in [-0.3, -0.25) is 4.98 Å². The zero-order valence-electron chi connectivity index (χ0n) is 19.8. The Balaban J connectivity index is 1.25. The van der Waals surface area contributed by atoms with Gasteiger partial charge in [-0.15, -0.1) is 0 Å². The quantitative estimate of drug-likeness (QED) is 0.559. The predicted octanol–water partition coefficient (Wildman–Crippen LogP) is 2.78. The molecule has 3 fully saturated rings. The third kappa shape index (κ3) is 4.79. The highest BCUT2D eigenvalue weighted by Gasteiger charge is 2.39. The summed E-state index contributed by atoms with van der Waals surface area (Å²) < 4.78 is 11.3. The zero-order chi connectivity index (χ0) is 24.3. The van der Waals surface area contributed by atoms with E-state index in [-0.39, 0.29) is 6.03 Å². The lowest BCUT2D eigenvalue weighted by molar-refractivity contribution is 0.0897. The summed E-state index contributed by atoms with van der Waals surface area (Å²) in [5.74, 6) is 1.99. The van der Waals surface area contributed by atoms with Crippen molar-refractivity contribution in [3.05, 3.63) is 48.8 Å². The van der Waals surface area contributed by atoms with Crippen LogP contribution in [0.2, 0.25) is 0 Å². The average molecular weight is 489 g/mol. The summed E-state index contributed by atoms with van der Waals surface area (Å²) in [7, 11) is 0. The summed E-state index contributed by atoms with van der Waals surface area (Å²) in [5.41, 5.74) is 2.19. The molecule has 6 rings (SSSR count). The minimum Gasteiger partial charge on any atom is -0.378 e. The minimum absolute atomic E-state index is 0.294. The molecule has 0 radical (unpaired) electrons. The number of rotatable bonds is 5. The van der Waals surface area contributed by atoms with Crippen molar-refractivity contribution < 1.29 is 14.3 Å². The summed E-state index contributed by atoms with van der Waals surface area (Å²) in [6, 6.07) is 11.2. The lowest BCUT2D eigenvalue weighted by Gasteiger charge is -2.35. The van der Waals surface area contributed by atoms with Gasteiger partial charge in [0.05, 0.1) is 38.5 Å². The molecule has 2 N–H and O–H groups in total. The molecule has 3 aromatic rings. The number of amides is 2. The van der Waals surface area contributed by atoms with Gasteiger partial charge in [0.25, 0.3) is 0 Å². The van der Waals surface area contributed by atoms with Crippen molar-refractivity contribution in [2.24, 2.45) is 0 Å². The highest BCUT2D eigenvalue weighted by Crippen LogP contribution is 2.33. The molecule has 36 heavy (non-hydrogen) atoms. The van der Waals surface area contributed by atoms with Gasteiger partial charge in [0.1, 0.15) is 0 Å². The molecule has 3 aliphatic rings. The van der Waals surface area contributed by atoms with E-state index in [0.29, 0.717) is 67.6 Å². The second-order valence-electron chi connectivity index (χ2n) is 9.08. The van der Waals surface area contributed by atoms with Crippen LogP contribution in [0.4, 0.5) is 28.1 Å². The van der Waals surface area contributed by atoms with Crippen molar-refractivity contribution >= 4 is 29.3 Å². The van der Waals surface area contributed by atoms with E-state index in [1.165, 1.54) is 0 Å². The smallest absolute Gasteiger partial charge is 0.323 e. The number of urea groups is 1. The van der Waals surface area contributed by atoms with Gasteiger partial charge in [-0.05, 0) is 49.2 Å². The first kappa shape index (κ1) is 22.6. The Hall–Kier alpha value is -3.83. The van der Waals surface area contributed by atoms with Crippen molar-refractivity contribution in [1.82, 2.24) is 19.9 Å². The topological polar surface area (TPSA) is 118 Å². The number of pyridine rings is 1. The molecule has 11 heteroatoms. The van der Waals surface area contributed by atoms with Gasteiger partial charge in [0.15, 0.2) is 5.82 Å². The van der Waals surface area contributed by atoms with E-state index in [9.17, 15) is 4.79 Å². The lowest BCUT2D eigenvalue weighted by Crippen LogP contribution is -2.47. The predicted molar refractivity (Wildman–Crippen MR) is 135 cm³/mol. The van der Waals surface area contributed by atoms with E-state index < -0.39 is 0 Å². The first-order valence-corrected chi connectivity index (χ1v) is 12.3. The number of aromatic nitrogens is 4. The number of fused-ring (bicyclic) bond motifs is 2. The van der Waals surface area contributed by atoms with Crippen LogP contribution in [0.1, 0.15) is 12.8 Å². The number of hydrogen-bond donors (Lipinski definition) is 2. The largest absolute Gasteiger partial charge is 0.378 e. The highest BCUT2D eigenvalue weighted by atomic mass is 16.5. The van der Waals surface area contributed by atoms with Gasteiger partial charge in [0.2, 0.25) is 11.9 Å². The first-order valence-electron chi connectivity index (χ1n) is 12.3. The molecule has 0 aliphatic carbocycles. The Morgan fingerprint density at radius 1 is 0.806 bits per heavy atom. The molecule has 0 saturated carbocycles. The Morgan fingerprint density at radius 3 is 2.14 bits per heavy atom. The first-order chi connectivity index (χ1) is 17.7. The van der Waals surface area contributed by atoms with E-state index in [4.69, 9.17) is 24.4 Å². The molecule has 0 unspecified atom stereocenters. The molecule has 186 valence electrons. The maximum absolute atomic E-state index is 12.3. The Kier molecular flexibility index (Phi) is 6.31. The molecule has 2 atom stereocenters. The third-order valence-electron chi connectivity index (χ3n) is 6.72. The van der Waals surface area contributed by atoms with Crippen molar-refractivity contribution in [2.45, 2.75) is 24.9 Å². The summed E-state index contributed by atoms with van der Waals surface area (Å²) in [6.45, 7) is 4.20. The normalized spacial score (nSPS) is 21.3. The van der Waals surface area contributed by atoms with Crippen molar-refractivity contribution in [3.8, 4) is 11.4 Å². The van der Waals surface area contributed by atoms with Crippen molar-refractivity contribution in [3.63, 3.8) is 0 Å². The molecule has 1 aromatic carbocycles. The Morgan fingerprint density at radius 2 is 1.44 bits per heavy atom. The highest BCUT2D eigenvalue weighted by molar-refractivity contribution is 5.99. The number of hydrogen-bond acceptors (Lipinski definition) is 9. The van der Waals surface area contributed by atoms with Gasteiger partial charge in [-0.2, -0.15) is 15.0 Å². The lowest BCUT2D eigenvalue weighted by atomic mass is 10.2. The Bertz CT molecular complexity index is 1190. The summed E-state index contributed by atoms with van der Waals surface area (Å²) >= 11 is 0. The maximum Gasteiger partial charge on any atom is 0.323 e. The van der Waals surface area contributed by atoms with Crippen molar-refractivity contribution in [1.29, 1.82) is 0 Å². The van der Waals surface area contributed by atoms with Crippen LogP contribution < -0.4 is 20.4 Å². The van der Waals surface area contributed by atoms with Gasteiger partial charge < -0.3 is 29.9 Å². The molecule has 3 saturated heterocycles. The van der Waals surface area contributed by atoms with Gasteiger partial charge in [-0.25, -0.2) is 4.79 Å². The summed E-state index contributed by atoms with van der Waals surface area (Å²) in [6.07, 6.45) is 5.42. The number of nitrogens with one attached hydrogen (secondary N) is 2. The van der Waals surface area contributed by atoms with Gasteiger partial charge >= 0.3 is 6.03 Å². The fraction of sp³-hybridized carbons (Fsp3) is 0.400. The number of benzene rings is 1. The number of anilines is 4. The molecule has 2 aromatic heterocycles. The van der Waals surface area contributed by atoms with E-state index in [0.717, 1.165) is 31.5 Å². The number of carbonyl (C=O) groups is 1. The molecule has 0 spiro atoms. The number of ether oxygens (including phenoxy) is 2. The molecule has 2 amide bonds. The monoisotopic (exact) mass is 488 g/mol. The number of morpholine rings is 2. The fourth-order valence-corrected chi connectivity index (χ4v) is 4.89. The van der Waals surface area contributed by atoms with Gasteiger partial charge in [0, 0.05) is 42.4 Å². The van der Waals surface area contributed by atoms with E-state index in [1.54, 1.807) is 24.5 Å². The molecular formula is C25H28N8O3. The van der Waals surface area contributed by atoms with Crippen LogP contribution in [0.3, 0.4) is 0 Å². The standard InChI is InChI=1S/C25H28N8O3/c34-25(28-19-7-9-26-10-8-19)27-18-3-1-17(2-4-18)22-29-23(32-11-13-35-14-12-32)31-24(30-22)33-20-5-6-21(33)16-36-15-20/h1-4,7-10,20-21H,5-6,11-16H2,(H2,26,27,28,34)/t20-,21-/m1/s1. The second kappa shape index (κ2) is 10.0. The second-order valence-corrected chi connectivity index (χ2v) is 9.08. The zero-order valence-corrected chi connectivity index (χ0v) is 19.8. The molecule has 5 heterocycles. The number of nitrogens with zero attached hydrogens (tertiary/aromatic N) is 6. The van der Waals surface area contributed by atoms with Crippen LogP contribution >= 0.6 is 0 Å². The van der Waals surface area contributed by atoms with Crippen LogP contribution in [-0.2, 0) is 9.47 Å². The minimum atomic E-state index is -0.325. The summed E-state index contributed by atoms with van der Waals surface area (Å²) in [4.78, 5) is 35.4. The van der Waals surface area contributed by atoms with Crippen molar-refractivity contribution in [2.75, 3.05) is 60.0 Å². The average Bonchev–Trinajstić information content (AvgIpc) is 3.18. The van der Waals surface area contributed by atoms with Crippen LogP contribution in [0.25, 0.3) is 11.4 Å². The molecular weight excluding hydrogens is 460 g/mol. The summed E-state index contributed by atoms with van der Waals surface area (Å²) in [5, 5.41) is 5.63. The maximum atomic E-state index is 12.3. The van der Waals surface area contributed by atoms with Crippen LogP contribution in [0.5, 0.6) is 0 Å². The third-order valence-corrected chi connectivity index (χ3v) is 6.72. The van der Waals surface area contributed by atoms with E-state index >= 15 is 0 Å². The van der Waals surface area contributed by atoms with Crippen LogP contribution in [0.15, 0.2) is 48.8 Å². The van der Waals surface area contributed by atoms with Crippen LogP contribution in [0, 0.1) is 0 Å².